The maximum Gasteiger partial charge on any atom is 0.410 e. The van der Waals surface area contributed by atoms with Crippen LogP contribution in [0.2, 0.25) is 0 Å². The van der Waals surface area contributed by atoms with Crippen molar-refractivity contribution in [2.24, 2.45) is 0 Å². The van der Waals surface area contributed by atoms with E-state index >= 15 is 0 Å². The average Bonchev–Trinajstić information content (AvgIpc) is 2.86. The van der Waals surface area contributed by atoms with Gasteiger partial charge in [-0.05, 0) is 20.8 Å². The number of imidazole rings is 1. The van der Waals surface area contributed by atoms with Crippen LogP contribution in [0, 0.1) is 0 Å². The van der Waals surface area contributed by atoms with E-state index < -0.39 is 0 Å². The van der Waals surface area contributed by atoms with E-state index in [-0.39, 0.29) is 11.7 Å². The Morgan fingerprint density at radius 3 is 2.39 bits per heavy atom. The topological polar surface area (TPSA) is 70.2 Å². The van der Waals surface area contributed by atoms with E-state index in [0.717, 1.165) is 26.2 Å². The van der Waals surface area contributed by atoms with Crippen LogP contribution in [0.5, 0.6) is 0 Å². The minimum atomic E-state index is -0.387. The van der Waals surface area contributed by atoms with E-state index in [0.29, 0.717) is 0 Å². The highest BCUT2D eigenvalue weighted by molar-refractivity contribution is 5.68. The summed E-state index contributed by atoms with van der Waals surface area (Å²) in [6.45, 7) is 8.86. The second-order valence-corrected chi connectivity index (χ2v) is 4.98. The van der Waals surface area contributed by atoms with Crippen LogP contribution in [0.1, 0.15) is 20.8 Å². The molecule has 2 heterocycles. The monoisotopic (exact) mass is 254 g/mol. The molecule has 1 aliphatic heterocycles. The van der Waals surface area contributed by atoms with Crippen molar-refractivity contribution in [3.05, 3.63) is 18.7 Å². The van der Waals surface area contributed by atoms with E-state index in [1.54, 1.807) is 23.6 Å². The number of piperazine rings is 1. The summed E-state index contributed by atoms with van der Waals surface area (Å²) in [7, 11) is 0. The van der Waals surface area contributed by atoms with Gasteiger partial charge in [-0.25, -0.2) is 9.78 Å². The van der Waals surface area contributed by atoms with Gasteiger partial charge in [-0.3, -0.25) is 0 Å². The fourth-order valence-corrected chi connectivity index (χ4v) is 1.39. The molecule has 0 bridgehead atoms. The third-order valence-corrected chi connectivity index (χ3v) is 2.17. The van der Waals surface area contributed by atoms with Crippen LogP contribution in [0.25, 0.3) is 0 Å². The molecular weight excluding hydrogens is 232 g/mol. The molecule has 1 fully saturated rings. The minimum Gasteiger partial charge on any atom is -0.444 e. The lowest BCUT2D eigenvalue weighted by Crippen LogP contribution is -2.48. The van der Waals surface area contributed by atoms with Crippen LogP contribution in [0.3, 0.4) is 0 Å². The number of carbonyl (C=O) groups is 1. The number of aromatic nitrogens is 2. The number of hydrogen-bond donors (Lipinski definition) is 2. The van der Waals surface area contributed by atoms with Crippen LogP contribution in [-0.4, -0.2) is 52.7 Å². The first-order valence-corrected chi connectivity index (χ1v) is 6.10. The van der Waals surface area contributed by atoms with Gasteiger partial charge in [-0.2, -0.15) is 0 Å². The number of hydrogen-bond acceptors (Lipinski definition) is 4. The molecule has 2 rings (SSSR count). The molecule has 1 saturated heterocycles. The lowest BCUT2D eigenvalue weighted by molar-refractivity contribution is 0.0229. The standard InChI is InChI=1S/C9H18N2O2.C3H4N2/c1-9(2,3)13-8(12)11-6-4-10-5-7-11;1-2-5-3-4-1/h10H,4-7H2,1-3H3;1-3H,(H,4,5). The van der Waals surface area contributed by atoms with Gasteiger partial charge in [0.25, 0.3) is 0 Å². The van der Waals surface area contributed by atoms with Gasteiger partial charge >= 0.3 is 6.09 Å². The number of ether oxygens (including phenoxy) is 1. The zero-order valence-electron chi connectivity index (χ0n) is 11.3. The van der Waals surface area contributed by atoms with Crippen molar-refractivity contribution in [3.63, 3.8) is 0 Å². The summed E-state index contributed by atoms with van der Waals surface area (Å²) in [6.07, 6.45) is 4.88. The highest BCUT2D eigenvalue weighted by Crippen LogP contribution is 2.09. The number of nitrogens with zero attached hydrogens (tertiary/aromatic N) is 2. The Bertz CT molecular complexity index is 309. The van der Waals surface area contributed by atoms with Crippen molar-refractivity contribution >= 4 is 6.09 Å². The van der Waals surface area contributed by atoms with Crippen molar-refractivity contribution in [2.75, 3.05) is 26.2 Å². The first-order chi connectivity index (χ1) is 8.49. The lowest BCUT2D eigenvalue weighted by atomic mass is 10.2. The molecule has 1 aromatic heterocycles. The van der Waals surface area contributed by atoms with Crippen molar-refractivity contribution in [3.8, 4) is 0 Å². The zero-order chi connectivity index (χ0) is 13.4. The Morgan fingerprint density at radius 1 is 1.33 bits per heavy atom. The fourth-order valence-electron chi connectivity index (χ4n) is 1.39. The van der Waals surface area contributed by atoms with E-state index in [9.17, 15) is 4.79 Å². The quantitative estimate of drug-likeness (QED) is 0.730. The number of aromatic amines is 1. The number of carbonyl (C=O) groups excluding carboxylic acids is 1. The van der Waals surface area contributed by atoms with E-state index in [2.05, 4.69) is 15.3 Å². The third kappa shape index (κ3) is 6.24. The molecule has 0 unspecified atom stereocenters. The summed E-state index contributed by atoms with van der Waals surface area (Å²) in [5.41, 5.74) is -0.387. The van der Waals surface area contributed by atoms with Gasteiger partial charge in [-0.15, -0.1) is 0 Å². The van der Waals surface area contributed by atoms with Gasteiger partial charge in [0.15, 0.2) is 0 Å². The van der Waals surface area contributed by atoms with Crippen LogP contribution in [0.15, 0.2) is 18.7 Å². The number of amides is 1. The molecule has 18 heavy (non-hydrogen) atoms. The first kappa shape index (κ1) is 14.5. The molecule has 0 aromatic carbocycles. The van der Waals surface area contributed by atoms with E-state index in [4.69, 9.17) is 4.74 Å². The van der Waals surface area contributed by atoms with Gasteiger partial charge in [0.05, 0.1) is 6.33 Å². The van der Waals surface area contributed by atoms with Crippen LogP contribution < -0.4 is 5.32 Å². The van der Waals surface area contributed by atoms with Gasteiger partial charge in [-0.1, -0.05) is 0 Å². The smallest absolute Gasteiger partial charge is 0.410 e. The molecule has 2 N–H and O–H groups in total. The molecule has 102 valence electrons. The van der Waals surface area contributed by atoms with Gasteiger partial charge < -0.3 is 19.9 Å². The lowest BCUT2D eigenvalue weighted by Gasteiger charge is -2.30. The molecule has 1 amide bonds. The molecule has 0 saturated carbocycles. The van der Waals surface area contributed by atoms with Crippen molar-refractivity contribution in [1.29, 1.82) is 0 Å². The summed E-state index contributed by atoms with van der Waals surface area (Å²) in [5.74, 6) is 0. The summed E-state index contributed by atoms with van der Waals surface area (Å²) in [6, 6.07) is 0. The molecule has 1 aromatic rings. The minimum absolute atomic E-state index is 0.200. The summed E-state index contributed by atoms with van der Waals surface area (Å²) < 4.78 is 5.24. The second kappa shape index (κ2) is 7.00. The largest absolute Gasteiger partial charge is 0.444 e. The Kier molecular flexibility index (Phi) is 5.64. The zero-order valence-corrected chi connectivity index (χ0v) is 11.3. The highest BCUT2D eigenvalue weighted by atomic mass is 16.6. The normalized spacial score (nSPS) is 15.6. The number of H-pyrrole nitrogens is 1. The predicted octanol–water partition coefficient (Wildman–Crippen LogP) is 1.24. The van der Waals surface area contributed by atoms with Crippen LogP contribution in [0.4, 0.5) is 4.79 Å². The molecular formula is C12H22N4O2. The Labute approximate surface area is 108 Å². The van der Waals surface area contributed by atoms with Crippen molar-refractivity contribution < 1.29 is 9.53 Å². The Balaban J connectivity index is 0.000000269. The van der Waals surface area contributed by atoms with Crippen LogP contribution >= 0.6 is 0 Å². The Hall–Kier alpha value is -1.56. The molecule has 6 nitrogen and oxygen atoms in total. The predicted molar refractivity (Wildman–Crippen MR) is 69.3 cm³/mol. The first-order valence-electron chi connectivity index (χ1n) is 6.10. The SMILES string of the molecule is CC(C)(C)OC(=O)N1CCNCC1.c1c[nH]cn1. The maximum absolute atomic E-state index is 11.5. The van der Waals surface area contributed by atoms with Crippen molar-refractivity contribution in [1.82, 2.24) is 20.2 Å². The van der Waals surface area contributed by atoms with Gasteiger partial charge in [0.1, 0.15) is 5.60 Å². The maximum atomic E-state index is 11.5. The van der Waals surface area contributed by atoms with E-state index in [1.807, 2.05) is 20.8 Å². The molecule has 0 spiro atoms. The van der Waals surface area contributed by atoms with Crippen molar-refractivity contribution in [2.45, 2.75) is 26.4 Å². The molecule has 0 radical (unpaired) electrons. The molecule has 0 aliphatic carbocycles. The fraction of sp³-hybridized carbons (Fsp3) is 0.667. The average molecular weight is 254 g/mol. The Morgan fingerprint density at radius 2 is 2.00 bits per heavy atom. The summed E-state index contributed by atoms with van der Waals surface area (Å²) >= 11 is 0. The number of rotatable bonds is 0. The van der Waals surface area contributed by atoms with Gasteiger partial charge in [0, 0.05) is 38.6 Å². The van der Waals surface area contributed by atoms with Crippen LogP contribution in [-0.2, 0) is 4.74 Å². The summed E-state index contributed by atoms with van der Waals surface area (Å²) in [4.78, 5) is 19.6. The highest BCUT2D eigenvalue weighted by Gasteiger charge is 2.22. The molecule has 1 aliphatic rings. The number of nitrogens with one attached hydrogen (secondary N) is 2. The third-order valence-electron chi connectivity index (χ3n) is 2.17. The van der Waals surface area contributed by atoms with Gasteiger partial charge in [0.2, 0.25) is 0 Å². The van der Waals surface area contributed by atoms with E-state index in [1.165, 1.54) is 0 Å². The second-order valence-electron chi connectivity index (χ2n) is 4.98. The summed E-state index contributed by atoms with van der Waals surface area (Å²) in [5, 5.41) is 3.18. The molecule has 6 heteroatoms. The molecule has 0 atom stereocenters.